The van der Waals surface area contributed by atoms with Gasteiger partial charge in [-0.3, -0.25) is 4.79 Å². The average molecular weight is 199 g/mol. The molecule has 0 rings (SSSR count). The smallest absolute Gasteiger partial charge is 0.220 e. The van der Waals surface area contributed by atoms with Gasteiger partial charge in [0.15, 0.2) is 0 Å². The highest BCUT2D eigenvalue weighted by Crippen LogP contribution is 2.06. The Morgan fingerprint density at radius 2 is 2.21 bits per heavy atom. The van der Waals surface area contributed by atoms with Crippen LogP contribution in [0.4, 0.5) is 0 Å². The molecule has 0 saturated carbocycles. The molecule has 0 bridgehead atoms. The number of carbonyl (C=O) groups excluding carboxylic acids is 1. The van der Waals surface area contributed by atoms with Crippen molar-refractivity contribution >= 4 is 5.91 Å². The molecule has 0 heterocycles. The van der Waals surface area contributed by atoms with Crippen LogP contribution < -0.4 is 5.32 Å². The summed E-state index contributed by atoms with van der Waals surface area (Å²) in [4.78, 5) is 11.4. The lowest BCUT2D eigenvalue weighted by Crippen LogP contribution is -2.39. The lowest BCUT2D eigenvalue weighted by atomic mass is 10.0. The van der Waals surface area contributed by atoms with Gasteiger partial charge in [0.2, 0.25) is 5.91 Å². The molecular weight excluding hydrogens is 178 g/mol. The molecule has 0 aromatic carbocycles. The van der Waals surface area contributed by atoms with Crippen LogP contribution in [0.3, 0.4) is 0 Å². The minimum absolute atomic E-state index is 0.0389. The van der Waals surface area contributed by atoms with E-state index in [1.807, 2.05) is 13.8 Å². The van der Waals surface area contributed by atoms with Crippen molar-refractivity contribution < 1.29 is 9.90 Å². The third-order valence-electron chi connectivity index (χ3n) is 2.17. The fourth-order valence-electron chi connectivity index (χ4n) is 1.22. The number of nitrogens with one attached hydrogen (secondary N) is 1. The zero-order valence-electron chi connectivity index (χ0n) is 9.12. The number of hydrogen-bond donors (Lipinski definition) is 2. The maximum Gasteiger partial charge on any atom is 0.220 e. The lowest BCUT2D eigenvalue weighted by Gasteiger charge is -2.21. The molecule has 0 radical (unpaired) electrons. The van der Waals surface area contributed by atoms with Crippen molar-refractivity contribution in [2.45, 2.75) is 39.2 Å². The number of aliphatic hydroxyl groups excluding tert-OH is 1. The van der Waals surface area contributed by atoms with E-state index in [-0.39, 0.29) is 18.6 Å². The predicted octanol–water partition coefficient (Wildman–Crippen LogP) is 1.48. The lowest BCUT2D eigenvalue weighted by molar-refractivity contribution is -0.122. The molecule has 1 atom stereocenters. The van der Waals surface area contributed by atoms with E-state index >= 15 is 0 Å². The quantitative estimate of drug-likeness (QED) is 0.610. The number of hydrogen-bond acceptors (Lipinski definition) is 2. The first kappa shape index (κ1) is 13.2. The number of amides is 1. The van der Waals surface area contributed by atoms with Crippen molar-refractivity contribution in [2.75, 3.05) is 6.61 Å². The van der Waals surface area contributed by atoms with Crippen molar-refractivity contribution in [3.05, 3.63) is 12.7 Å². The molecule has 3 nitrogen and oxygen atoms in total. The van der Waals surface area contributed by atoms with Crippen LogP contribution in [0.2, 0.25) is 0 Å². The summed E-state index contributed by atoms with van der Waals surface area (Å²) < 4.78 is 0. The Hall–Kier alpha value is -0.830. The Balaban J connectivity index is 3.89. The minimum atomic E-state index is 0.0389. The third-order valence-corrected chi connectivity index (χ3v) is 2.17. The Kier molecular flexibility index (Phi) is 7.11. The van der Waals surface area contributed by atoms with Crippen LogP contribution in [0, 0.1) is 5.92 Å². The van der Waals surface area contributed by atoms with E-state index in [1.165, 1.54) is 0 Å². The van der Waals surface area contributed by atoms with Crippen LogP contribution in [0.15, 0.2) is 12.7 Å². The topological polar surface area (TPSA) is 49.3 Å². The average Bonchev–Trinajstić information content (AvgIpc) is 2.14. The summed E-state index contributed by atoms with van der Waals surface area (Å²) in [6, 6.07) is 0.0808. The Morgan fingerprint density at radius 3 is 2.64 bits per heavy atom. The molecule has 0 aliphatic rings. The molecule has 14 heavy (non-hydrogen) atoms. The van der Waals surface area contributed by atoms with Gasteiger partial charge in [-0.25, -0.2) is 0 Å². The van der Waals surface area contributed by atoms with E-state index in [0.29, 0.717) is 25.2 Å². The van der Waals surface area contributed by atoms with Gasteiger partial charge in [0, 0.05) is 19.1 Å². The third kappa shape index (κ3) is 5.75. The summed E-state index contributed by atoms with van der Waals surface area (Å²) >= 11 is 0. The Bertz CT molecular complexity index is 178. The zero-order valence-corrected chi connectivity index (χ0v) is 9.12. The van der Waals surface area contributed by atoms with Gasteiger partial charge in [-0.15, -0.1) is 6.58 Å². The zero-order chi connectivity index (χ0) is 11.0. The SMILES string of the molecule is C=CCCC(=O)NC(CCO)C(C)C. The largest absolute Gasteiger partial charge is 0.396 e. The molecule has 1 amide bonds. The number of rotatable bonds is 7. The maximum absolute atomic E-state index is 11.4. The summed E-state index contributed by atoms with van der Waals surface area (Å²) in [6.45, 7) is 7.75. The predicted molar refractivity (Wildman–Crippen MR) is 57.9 cm³/mol. The molecule has 0 aliphatic carbocycles. The van der Waals surface area contributed by atoms with Gasteiger partial charge >= 0.3 is 0 Å². The highest BCUT2D eigenvalue weighted by Gasteiger charge is 2.14. The standard InChI is InChI=1S/C11H21NO2/c1-4-5-6-11(14)12-10(7-8-13)9(2)3/h4,9-10,13H,1,5-8H2,2-3H3,(H,12,14). The molecular formula is C11H21NO2. The monoisotopic (exact) mass is 199 g/mol. The van der Waals surface area contributed by atoms with E-state index in [1.54, 1.807) is 6.08 Å². The fourth-order valence-corrected chi connectivity index (χ4v) is 1.22. The summed E-state index contributed by atoms with van der Waals surface area (Å²) in [5.41, 5.74) is 0. The molecule has 0 spiro atoms. The second-order valence-electron chi connectivity index (χ2n) is 3.76. The summed E-state index contributed by atoms with van der Waals surface area (Å²) in [7, 11) is 0. The van der Waals surface area contributed by atoms with Gasteiger partial charge in [0.1, 0.15) is 0 Å². The number of aliphatic hydroxyl groups is 1. The van der Waals surface area contributed by atoms with Gasteiger partial charge < -0.3 is 10.4 Å². The first-order chi connectivity index (χ1) is 6.61. The van der Waals surface area contributed by atoms with Crippen LogP contribution in [0.1, 0.15) is 33.1 Å². The molecule has 0 aromatic rings. The number of allylic oxidation sites excluding steroid dienone is 1. The molecule has 0 fully saturated rings. The van der Waals surface area contributed by atoms with Gasteiger partial charge in [0.05, 0.1) is 0 Å². The molecule has 2 N–H and O–H groups in total. The minimum Gasteiger partial charge on any atom is -0.396 e. The van der Waals surface area contributed by atoms with E-state index in [9.17, 15) is 4.79 Å². The van der Waals surface area contributed by atoms with Gasteiger partial charge in [-0.1, -0.05) is 19.9 Å². The van der Waals surface area contributed by atoms with E-state index in [0.717, 1.165) is 0 Å². The van der Waals surface area contributed by atoms with Crippen LogP contribution in [0.25, 0.3) is 0 Å². The van der Waals surface area contributed by atoms with Crippen LogP contribution in [-0.4, -0.2) is 23.7 Å². The second kappa shape index (κ2) is 7.56. The van der Waals surface area contributed by atoms with E-state index in [4.69, 9.17) is 5.11 Å². The highest BCUT2D eigenvalue weighted by atomic mass is 16.3. The molecule has 1 unspecified atom stereocenters. The van der Waals surface area contributed by atoms with Crippen LogP contribution >= 0.6 is 0 Å². The fraction of sp³-hybridized carbons (Fsp3) is 0.727. The van der Waals surface area contributed by atoms with Crippen LogP contribution in [0.5, 0.6) is 0 Å². The highest BCUT2D eigenvalue weighted by molar-refractivity contribution is 5.76. The van der Waals surface area contributed by atoms with Crippen molar-refractivity contribution in [3.8, 4) is 0 Å². The molecule has 82 valence electrons. The van der Waals surface area contributed by atoms with E-state index in [2.05, 4.69) is 11.9 Å². The van der Waals surface area contributed by atoms with Crippen LogP contribution in [-0.2, 0) is 4.79 Å². The van der Waals surface area contributed by atoms with Crippen molar-refractivity contribution in [3.63, 3.8) is 0 Å². The van der Waals surface area contributed by atoms with Gasteiger partial charge in [-0.05, 0) is 18.8 Å². The Labute approximate surface area is 86.2 Å². The molecule has 0 aliphatic heterocycles. The first-order valence-electron chi connectivity index (χ1n) is 5.13. The summed E-state index contributed by atoms with van der Waals surface area (Å²) in [5, 5.41) is 11.7. The van der Waals surface area contributed by atoms with Gasteiger partial charge in [0.25, 0.3) is 0 Å². The summed E-state index contributed by atoms with van der Waals surface area (Å²) in [5.74, 6) is 0.395. The van der Waals surface area contributed by atoms with Gasteiger partial charge in [-0.2, -0.15) is 0 Å². The first-order valence-corrected chi connectivity index (χ1v) is 5.13. The summed E-state index contributed by atoms with van der Waals surface area (Å²) in [6.07, 6.45) is 3.54. The van der Waals surface area contributed by atoms with Crippen molar-refractivity contribution in [1.82, 2.24) is 5.32 Å². The van der Waals surface area contributed by atoms with E-state index < -0.39 is 0 Å². The Morgan fingerprint density at radius 1 is 1.57 bits per heavy atom. The van der Waals surface area contributed by atoms with Crippen molar-refractivity contribution in [1.29, 1.82) is 0 Å². The normalized spacial score (nSPS) is 12.6. The van der Waals surface area contributed by atoms with Crippen molar-refractivity contribution in [2.24, 2.45) is 5.92 Å². The second-order valence-corrected chi connectivity index (χ2v) is 3.76. The number of carbonyl (C=O) groups is 1. The maximum atomic E-state index is 11.4. The molecule has 0 saturated heterocycles. The molecule has 3 heteroatoms. The molecule has 0 aromatic heterocycles.